The van der Waals surface area contributed by atoms with Crippen LogP contribution in [-0.4, -0.2) is 17.4 Å². The third-order valence-electron chi connectivity index (χ3n) is 3.10. The van der Waals surface area contributed by atoms with Crippen molar-refractivity contribution in [3.05, 3.63) is 0 Å². The Bertz CT molecular complexity index is 264. The summed E-state index contributed by atoms with van der Waals surface area (Å²) in [5, 5.41) is 0. The molecule has 0 amide bonds. The smallest absolute Gasteiger partial charge is 0.340 e. The number of carbonyl (C=O) groups excluding carboxylic acids is 1. The summed E-state index contributed by atoms with van der Waals surface area (Å²) < 4.78 is 5.21. The first-order valence-corrected chi connectivity index (χ1v) is 5.58. The summed E-state index contributed by atoms with van der Waals surface area (Å²) in [5.41, 5.74) is -0.455. The molecule has 14 heavy (non-hydrogen) atoms. The molecule has 0 saturated heterocycles. The standard InChI is InChI=1S/C11H17NO2/c1-2-3-6-9-12-11(10(13)14-9)7-4-5-8-11/h2-8H2,1H3. The molecule has 1 heterocycles. The molecule has 0 radical (unpaired) electrons. The van der Waals surface area contributed by atoms with E-state index in [0.29, 0.717) is 5.90 Å². The molecule has 1 spiro atoms. The highest BCUT2D eigenvalue weighted by molar-refractivity contribution is 6.00. The molecular formula is C11H17NO2. The molecular weight excluding hydrogens is 178 g/mol. The minimum atomic E-state index is -0.455. The molecule has 2 rings (SSSR count). The van der Waals surface area contributed by atoms with Crippen molar-refractivity contribution in [3.63, 3.8) is 0 Å². The van der Waals surface area contributed by atoms with Gasteiger partial charge in [-0.25, -0.2) is 9.79 Å². The fourth-order valence-corrected chi connectivity index (χ4v) is 2.22. The number of nitrogens with zero attached hydrogens (tertiary/aromatic N) is 1. The van der Waals surface area contributed by atoms with Crippen LogP contribution in [-0.2, 0) is 9.53 Å². The van der Waals surface area contributed by atoms with Gasteiger partial charge in [-0.3, -0.25) is 0 Å². The zero-order chi connectivity index (χ0) is 10.0. The van der Waals surface area contributed by atoms with Gasteiger partial charge in [0.05, 0.1) is 0 Å². The Labute approximate surface area is 84.5 Å². The number of hydrogen-bond donors (Lipinski definition) is 0. The number of carbonyl (C=O) groups is 1. The summed E-state index contributed by atoms with van der Waals surface area (Å²) in [6.45, 7) is 2.13. The lowest BCUT2D eigenvalue weighted by molar-refractivity contribution is -0.138. The van der Waals surface area contributed by atoms with Crippen molar-refractivity contribution in [1.29, 1.82) is 0 Å². The molecule has 1 fully saturated rings. The van der Waals surface area contributed by atoms with Gasteiger partial charge in [-0.2, -0.15) is 0 Å². The van der Waals surface area contributed by atoms with E-state index in [1.54, 1.807) is 0 Å². The summed E-state index contributed by atoms with van der Waals surface area (Å²) in [6.07, 6.45) is 7.00. The molecule has 78 valence electrons. The quantitative estimate of drug-likeness (QED) is 0.649. The van der Waals surface area contributed by atoms with Crippen LogP contribution in [0.25, 0.3) is 0 Å². The third-order valence-corrected chi connectivity index (χ3v) is 3.10. The molecule has 3 nitrogen and oxygen atoms in total. The minimum Gasteiger partial charge on any atom is -0.410 e. The average molecular weight is 195 g/mol. The van der Waals surface area contributed by atoms with Gasteiger partial charge in [-0.05, 0) is 19.3 Å². The van der Waals surface area contributed by atoms with Gasteiger partial charge in [-0.1, -0.05) is 26.2 Å². The van der Waals surface area contributed by atoms with E-state index < -0.39 is 5.54 Å². The topological polar surface area (TPSA) is 38.7 Å². The van der Waals surface area contributed by atoms with E-state index >= 15 is 0 Å². The van der Waals surface area contributed by atoms with Crippen molar-refractivity contribution >= 4 is 11.9 Å². The molecule has 3 heteroatoms. The van der Waals surface area contributed by atoms with E-state index in [2.05, 4.69) is 11.9 Å². The number of rotatable bonds is 3. The molecule has 0 aromatic heterocycles. The molecule has 2 aliphatic rings. The van der Waals surface area contributed by atoms with E-state index in [1.807, 2.05) is 0 Å². The molecule has 1 aliphatic carbocycles. The molecule has 0 aromatic carbocycles. The average Bonchev–Trinajstić information content (AvgIpc) is 2.74. The normalized spacial score (nSPS) is 24.1. The van der Waals surface area contributed by atoms with Gasteiger partial charge in [0.15, 0.2) is 11.4 Å². The second-order valence-electron chi connectivity index (χ2n) is 4.24. The molecule has 0 aromatic rings. The maximum absolute atomic E-state index is 11.6. The van der Waals surface area contributed by atoms with Gasteiger partial charge >= 0.3 is 5.97 Å². The van der Waals surface area contributed by atoms with Crippen molar-refractivity contribution < 1.29 is 9.53 Å². The molecule has 0 bridgehead atoms. The maximum Gasteiger partial charge on any atom is 0.340 e. The molecule has 1 saturated carbocycles. The predicted molar refractivity (Wildman–Crippen MR) is 54.3 cm³/mol. The number of unbranched alkanes of at least 4 members (excludes halogenated alkanes) is 1. The van der Waals surface area contributed by atoms with E-state index in [-0.39, 0.29) is 5.97 Å². The second-order valence-corrected chi connectivity index (χ2v) is 4.24. The third kappa shape index (κ3) is 1.56. The van der Waals surface area contributed by atoms with Gasteiger partial charge in [0.1, 0.15) is 0 Å². The number of aliphatic imine (C=N–C) groups is 1. The zero-order valence-electron chi connectivity index (χ0n) is 8.71. The highest BCUT2D eigenvalue weighted by atomic mass is 16.6. The fourth-order valence-electron chi connectivity index (χ4n) is 2.22. The Kier molecular flexibility index (Phi) is 2.57. The lowest BCUT2D eigenvalue weighted by Gasteiger charge is -2.12. The van der Waals surface area contributed by atoms with Crippen molar-refractivity contribution in [1.82, 2.24) is 0 Å². The van der Waals surface area contributed by atoms with E-state index in [0.717, 1.165) is 44.9 Å². The van der Waals surface area contributed by atoms with E-state index in [4.69, 9.17) is 4.74 Å². The van der Waals surface area contributed by atoms with E-state index in [9.17, 15) is 4.79 Å². The van der Waals surface area contributed by atoms with Crippen LogP contribution in [0.2, 0.25) is 0 Å². The van der Waals surface area contributed by atoms with Crippen LogP contribution in [0.4, 0.5) is 0 Å². The first-order chi connectivity index (χ1) is 6.77. The SMILES string of the molecule is CCCCC1=NC2(CCCC2)C(=O)O1. The van der Waals surface area contributed by atoms with Gasteiger partial charge in [0.25, 0.3) is 0 Å². The van der Waals surface area contributed by atoms with Gasteiger partial charge in [0.2, 0.25) is 0 Å². The largest absolute Gasteiger partial charge is 0.410 e. The van der Waals surface area contributed by atoms with Crippen LogP contribution in [0.1, 0.15) is 51.9 Å². The molecule has 0 N–H and O–H groups in total. The summed E-state index contributed by atoms with van der Waals surface area (Å²) in [5.74, 6) is 0.583. The number of ether oxygens (including phenoxy) is 1. The molecule has 0 atom stereocenters. The maximum atomic E-state index is 11.6. The van der Waals surface area contributed by atoms with E-state index in [1.165, 1.54) is 0 Å². The predicted octanol–water partition coefficient (Wildman–Crippen LogP) is 2.44. The Morgan fingerprint density at radius 2 is 2.14 bits per heavy atom. The Hall–Kier alpha value is -0.860. The van der Waals surface area contributed by atoms with Crippen LogP contribution in [0, 0.1) is 0 Å². The summed E-state index contributed by atoms with van der Waals surface area (Å²) >= 11 is 0. The van der Waals surface area contributed by atoms with Crippen LogP contribution in [0.3, 0.4) is 0 Å². The highest BCUT2D eigenvalue weighted by Crippen LogP contribution is 2.38. The Morgan fingerprint density at radius 1 is 1.43 bits per heavy atom. The first kappa shape index (κ1) is 9.69. The monoisotopic (exact) mass is 195 g/mol. The van der Waals surface area contributed by atoms with Gasteiger partial charge in [0, 0.05) is 6.42 Å². The number of esters is 1. The second kappa shape index (κ2) is 3.71. The van der Waals surface area contributed by atoms with Gasteiger partial charge in [-0.15, -0.1) is 0 Å². The lowest BCUT2D eigenvalue weighted by atomic mass is 10.00. The summed E-state index contributed by atoms with van der Waals surface area (Å²) in [7, 11) is 0. The van der Waals surface area contributed by atoms with Crippen LogP contribution >= 0.6 is 0 Å². The first-order valence-electron chi connectivity index (χ1n) is 5.58. The zero-order valence-corrected chi connectivity index (χ0v) is 8.71. The molecule has 0 unspecified atom stereocenters. The summed E-state index contributed by atoms with van der Waals surface area (Å²) in [4.78, 5) is 16.1. The fraction of sp³-hybridized carbons (Fsp3) is 0.818. The summed E-state index contributed by atoms with van der Waals surface area (Å²) in [6, 6.07) is 0. The Morgan fingerprint density at radius 3 is 2.79 bits per heavy atom. The van der Waals surface area contributed by atoms with Crippen LogP contribution < -0.4 is 0 Å². The Balaban J connectivity index is 2.05. The van der Waals surface area contributed by atoms with Crippen molar-refractivity contribution in [2.75, 3.05) is 0 Å². The molecule has 1 aliphatic heterocycles. The highest BCUT2D eigenvalue weighted by Gasteiger charge is 2.47. The van der Waals surface area contributed by atoms with Crippen molar-refractivity contribution in [2.24, 2.45) is 4.99 Å². The minimum absolute atomic E-state index is 0.0962. The number of hydrogen-bond acceptors (Lipinski definition) is 3. The lowest BCUT2D eigenvalue weighted by Crippen LogP contribution is -2.29. The number of cyclic esters (lactones) is 1. The van der Waals surface area contributed by atoms with Gasteiger partial charge < -0.3 is 4.74 Å². The van der Waals surface area contributed by atoms with Crippen LogP contribution in [0.15, 0.2) is 4.99 Å². The van der Waals surface area contributed by atoms with Crippen molar-refractivity contribution in [2.45, 2.75) is 57.4 Å². The van der Waals surface area contributed by atoms with Crippen LogP contribution in [0.5, 0.6) is 0 Å². The van der Waals surface area contributed by atoms with Crippen molar-refractivity contribution in [3.8, 4) is 0 Å².